The summed E-state index contributed by atoms with van der Waals surface area (Å²) in [5.74, 6) is 0. The maximum absolute atomic E-state index is 9.10. The number of hydrogen-bond donors (Lipinski definition) is 0. The zero-order valence-electron chi connectivity index (χ0n) is 13.1. The molecule has 1 heterocycles. The molecular formula is C19H10N4O2. The highest BCUT2D eigenvalue weighted by Gasteiger charge is 2.11. The van der Waals surface area contributed by atoms with Crippen LogP contribution < -0.4 is 10.7 Å². The zero-order chi connectivity index (χ0) is 17.4. The topological polar surface area (TPSA) is 98.6 Å². The highest BCUT2D eigenvalue weighted by atomic mass is 16.4. The summed E-state index contributed by atoms with van der Waals surface area (Å²) in [5, 5.41) is 20.2. The molecule has 6 nitrogen and oxygen atoms in total. The van der Waals surface area contributed by atoms with Crippen LogP contribution in [0.1, 0.15) is 5.56 Å². The van der Waals surface area contributed by atoms with E-state index in [2.05, 4.69) is 9.98 Å². The Morgan fingerprint density at radius 2 is 1.36 bits per heavy atom. The van der Waals surface area contributed by atoms with Gasteiger partial charge in [-0.05, 0) is 24.6 Å². The summed E-state index contributed by atoms with van der Waals surface area (Å²) in [6, 6.07) is 12.8. The number of rotatable bonds is 0. The largest absolute Gasteiger partial charge is 0.447 e. The third kappa shape index (κ3) is 2.25. The van der Waals surface area contributed by atoms with Gasteiger partial charge in [-0.25, -0.2) is 0 Å². The predicted molar refractivity (Wildman–Crippen MR) is 88.4 cm³/mol. The average molecular weight is 326 g/mol. The molecule has 2 aromatic carbocycles. The molecule has 2 aliphatic rings. The fraction of sp³-hybridized carbons (Fsp3) is 0.0526. The van der Waals surface area contributed by atoms with E-state index in [0.717, 1.165) is 5.56 Å². The van der Waals surface area contributed by atoms with Gasteiger partial charge in [-0.15, -0.1) is 0 Å². The number of nitriles is 2. The number of fused-ring (bicyclic) bond motifs is 2. The number of hydrogen-bond acceptors (Lipinski definition) is 6. The van der Waals surface area contributed by atoms with E-state index in [1.807, 2.05) is 31.2 Å². The summed E-state index contributed by atoms with van der Waals surface area (Å²) in [4.78, 5) is 7.84. The molecule has 0 atom stereocenters. The van der Waals surface area contributed by atoms with Crippen LogP contribution in [-0.4, -0.2) is 0 Å². The number of nitrogens with zero attached hydrogens (tertiary/aromatic N) is 4. The molecule has 0 aromatic heterocycles. The first-order valence-electron chi connectivity index (χ1n) is 7.47. The predicted octanol–water partition coefficient (Wildman–Crippen LogP) is 2.98. The second-order valence-electron chi connectivity index (χ2n) is 5.48. The average Bonchev–Trinajstić information content (AvgIpc) is 2.63. The molecule has 1 aliphatic heterocycles. The van der Waals surface area contributed by atoms with Gasteiger partial charge >= 0.3 is 0 Å². The lowest BCUT2D eigenvalue weighted by atomic mass is 10.1. The van der Waals surface area contributed by atoms with Gasteiger partial charge in [0, 0.05) is 10.8 Å². The van der Waals surface area contributed by atoms with Crippen LogP contribution >= 0.6 is 0 Å². The lowest BCUT2D eigenvalue weighted by molar-refractivity contribution is 0.464. The lowest BCUT2D eigenvalue weighted by Crippen LogP contribution is -2.17. The molecule has 6 heteroatoms. The Morgan fingerprint density at radius 3 is 1.92 bits per heavy atom. The van der Waals surface area contributed by atoms with Gasteiger partial charge in [0.15, 0.2) is 22.0 Å². The van der Waals surface area contributed by atoms with Gasteiger partial charge in [0.1, 0.15) is 10.7 Å². The molecule has 1 aliphatic carbocycles. The second kappa shape index (κ2) is 5.63. The van der Waals surface area contributed by atoms with Crippen LogP contribution in [-0.2, 0) is 0 Å². The van der Waals surface area contributed by atoms with Crippen molar-refractivity contribution in [2.24, 2.45) is 9.98 Å². The minimum Gasteiger partial charge on any atom is -0.447 e. The molecule has 0 bridgehead atoms. The zero-order valence-corrected chi connectivity index (χ0v) is 13.1. The van der Waals surface area contributed by atoms with E-state index in [1.54, 1.807) is 30.6 Å². The molecule has 0 N–H and O–H groups in total. The molecule has 0 unspecified atom stereocenters. The molecule has 2 aromatic rings. The van der Waals surface area contributed by atoms with Crippen LogP contribution in [0, 0.1) is 40.7 Å². The first-order valence-corrected chi connectivity index (χ1v) is 7.47. The number of aryl methyl sites for hydroxylation is 1. The minimum absolute atomic E-state index is 0.283. The van der Waals surface area contributed by atoms with Gasteiger partial charge < -0.3 is 8.83 Å². The van der Waals surface area contributed by atoms with Crippen LogP contribution in [0.2, 0.25) is 0 Å². The Balaban J connectivity index is 2.47. The number of benzene rings is 2. The maximum atomic E-state index is 9.10. The lowest BCUT2D eigenvalue weighted by Gasteiger charge is -2.04. The molecule has 0 fully saturated rings. The van der Waals surface area contributed by atoms with Gasteiger partial charge in [0.2, 0.25) is 12.4 Å². The molecule has 0 spiro atoms. The van der Waals surface area contributed by atoms with Crippen LogP contribution in [0.25, 0.3) is 21.9 Å². The molecule has 0 radical (unpaired) electrons. The van der Waals surface area contributed by atoms with Gasteiger partial charge in [0.05, 0.1) is 0 Å². The highest BCUT2D eigenvalue weighted by molar-refractivity contribution is 5.82. The SMILES string of the molecule is Cc1ccc2oc3c(=NC#N)c4ccccc4c(=NC#N)c=3oc2c1. The van der Waals surface area contributed by atoms with E-state index in [0.29, 0.717) is 32.7 Å². The second-order valence-corrected chi connectivity index (χ2v) is 5.48. The normalized spacial score (nSPS) is 12.6. The molecular weight excluding hydrogens is 316 g/mol. The minimum atomic E-state index is 0.283. The van der Waals surface area contributed by atoms with Gasteiger partial charge in [-0.2, -0.15) is 20.5 Å². The summed E-state index contributed by atoms with van der Waals surface area (Å²) in [5.41, 5.74) is 2.62. The monoisotopic (exact) mass is 326 g/mol. The van der Waals surface area contributed by atoms with Crippen molar-refractivity contribution in [2.45, 2.75) is 6.92 Å². The van der Waals surface area contributed by atoms with Crippen molar-refractivity contribution in [1.82, 2.24) is 0 Å². The smallest absolute Gasteiger partial charge is 0.206 e. The summed E-state index contributed by atoms with van der Waals surface area (Å²) in [6.07, 6.45) is 3.61. The van der Waals surface area contributed by atoms with E-state index in [-0.39, 0.29) is 10.8 Å². The Morgan fingerprint density at radius 1 is 0.800 bits per heavy atom. The van der Waals surface area contributed by atoms with Crippen molar-refractivity contribution in [3.63, 3.8) is 0 Å². The van der Waals surface area contributed by atoms with E-state index >= 15 is 0 Å². The van der Waals surface area contributed by atoms with Gasteiger partial charge in [0.25, 0.3) is 0 Å². The Hall–Kier alpha value is -3.90. The van der Waals surface area contributed by atoms with Gasteiger partial charge in [-0.3, -0.25) is 0 Å². The molecule has 0 amide bonds. The molecule has 118 valence electrons. The van der Waals surface area contributed by atoms with Crippen molar-refractivity contribution in [2.75, 3.05) is 0 Å². The summed E-state index contributed by atoms with van der Waals surface area (Å²) in [6.45, 7) is 1.94. The Bertz CT molecular complexity index is 1430. The fourth-order valence-corrected chi connectivity index (χ4v) is 2.87. The molecule has 25 heavy (non-hydrogen) atoms. The van der Waals surface area contributed by atoms with Crippen molar-refractivity contribution >= 4 is 21.9 Å². The standard InChI is InChI=1S/C19H10N4O2/c1-11-6-7-14-15(8-11)25-19-17(23-10-21)13-5-3-2-4-12(13)16(22-9-20)18(19)24-14/h2-8H,1H3. The van der Waals surface area contributed by atoms with E-state index < -0.39 is 0 Å². The first-order chi connectivity index (χ1) is 12.2. The summed E-state index contributed by atoms with van der Waals surface area (Å²) >= 11 is 0. The van der Waals surface area contributed by atoms with Crippen molar-refractivity contribution in [3.8, 4) is 12.4 Å². The molecule has 4 rings (SSSR count). The van der Waals surface area contributed by atoms with Crippen molar-refractivity contribution < 1.29 is 8.83 Å². The fourth-order valence-electron chi connectivity index (χ4n) is 2.87. The van der Waals surface area contributed by atoms with Crippen LogP contribution in [0.5, 0.6) is 0 Å². The van der Waals surface area contributed by atoms with Gasteiger partial charge in [-0.1, -0.05) is 30.3 Å². The summed E-state index contributed by atoms with van der Waals surface area (Å²) < 4.78 is 12.0. The Kier molecular flexibility index (Phi) is 3.30. The van der Waals surface area contributed by atoms with E-state index in [9.17, 15) is 0 Å². The quantitative estimate of drug-likeness (QED) is 0.464. The van der Waals surface area contributed by atoms with Crippen LogP contribution in [0.3, 0.4) is 0 Å². The van der Waals surface area contributed by atoms with Crippen LogP contribution in [0.4, 0.5) is 0 Å². The Labute approximate surface area is 140 Å². The van der Waals surface area contributed by atoms with Crippen molar-refractivity contribution in [1.29, 1.82) is 10.5 Å². The van der Waals surface area contributed by atoms with E-state index in [1.165, 1.54) is 0 Å². The van der Waals surface area contributed by atoms with Crippen LogP contribution in [0.15, 0.2) is 61.3 Å². The summed E-state index contributed by atoms with van der Waals surface area (Å²) in [7, 11) is 0. The van der Waals surface area contributed by atoms with E-state index in [4.69, 9.17) is 19.4 Å². The van der Waals surface area contributed by atoms with Crippen molar-refractivity contribution in [3.05, 3.63) is 69.6 Å². The molecule has 0 saturated carbocycles. The third-order valence-corrected chi connectivity index (χ3v) is 3.92. The maximum Gasteiger partial charge on any atom is 0.206 e. The first kappa shape index (κ1) is 14.7. The third-order valence-electron chi connectivity index (χ3n) is 3.92. The molecule has 0 saturated heterocycles. The highest BCUT2D eigenvalue weighted by Crippen LogP contribution is 2.17.